The maximum atomic E-state index is 12.9. The Morgan fingerprint density at radius 1 is 1.38 bits per heavy atom. The van der Waals surface area contributed by atoms with Gasteiger partial charge >= 0.3 is 12.1 Å². The van der Waals surface area contributed by atoms with Gasteiger partial charge in [0.2, 0.25) is 0 Å². The van der Waals surface area contributed by atoms with Crippen molar-refractivity contribution in [2.75, 3.05) is 19.7 Å². The number of carbonyl (C=O) groups is 1. The van der Waals surface area contributed by atoms with Crippen molar-refractivity contribution in [3.63, 3.8) is 0 Å². The van der Waals surface area contributed by atoms with Gasteiger partial charge in [-0.2, -0.15) is 13.2 Å². The van der Waals surface area contributed by atoms with Crippen molar-refractivity contribution in [3.8, 4) is 0 Å². The van der Waals surface area contributed by atoms with Crippen molar-refractivity contribution < 1.29 is 22.7 Å². The van der Waals surface area contributed by atoms with Crippen LogP contribution in [0.25, 0.3) is 0 Å². The van der Waals surface area contributed by atoms with E-state index in [1.54, 1.807) is 17.9 Å². The third kappa shape index (κ3) is 5.59. The molecule has 0 fully saturated rings. The highest BCUT2D eigenvalue weighted by molar-refractivity contribution is 5.71. The van der Waals surface area contributed by atoms with Crippen molar-refractivity contribution in [1.29, 1.82) is 0 Å². The van der Waals surface area contributed by atoms with Crippen molar-refractivity contribution in [2.24, 2.45) is 0 Å². The lowest BCUT2D eigenvalue weighted by Gasteiger charge is -2.22. The molecule has 0 bridgehead atoms. The van der Waals surface area contributed by atoms with E-state index in [9.17, 15) is 18.0 Å². The van der Waals surface area contributed by atoms with Gasteiger partial charge in [-0.1, -0.05) is 24.3 Å². The highest BCUT2D eigenvalue weighted by Gasteiger charge is 2.33. The van der Waals surface area contributed by atoms with Gasteiger partial charge in [0.05, 0.1) is 18.7 Å². The van der Waals surface area contributed by atoms with Gasteiger partial charge in [-0.15, -0.1) is 6.58 Å². The minimum Gasteiger partial charge on any atom is -0.465 e. The molecule has 0 aliphatic heterocycles. The molecule has 3 nitrogen and oxygen atoms in total. The van der Waals surface area contributed by atoms with Gasteiger partial charge in [0.15, 0.2) is 0 Å². The van der Waals surface area contributed by atoms with E-state index in [2.05, 4.69) is 6.58 Å². The Bertz CT molecular complexity index is 486. The van der Waals surface area contributed by atoms with E-state index in [0.29, 0.717) is 6.54 Å². The van der Waals surface area contributed by atoms with Gasteiger partial charge in [-0.05, 0) is 18.6 Å². The smallest absolute Gasteiger partial charge is 0.416 e. The van der Waals surface area contributed by atoms with Crippen LogP contribution in [0.15, 0.2) is 36.9 Å². The molecular formula is C15H18F3NO2. The minimum atomic E-state index is -4.42. The molecule has 0 aromatic heterocycles. The standard InChI is InChI=1S/C15H18F3NO2/c1-3-9-19(11-14(20)21-4-2)10-12-7-5-6-8-13(12)15(16,17)18/h3,5-8H,1,4,9-11H2,2H3. The molecule has 21 heavy (non-hydrogen) atoms. The largest absolute Gasteiger partial charge is 0.465 e. The zero-order valence-corrected chi connectivity index (χ0v) is 11.8. The molecule has 0 N–H and O–H groups in total. The molecular weight excluding hydrogens is 283 g/mol. The maximum Gasteiger partial charge on any atom is 0.416 e. The van der Waals surface area contributed by atoms with Crippen LogP contribution in [-0.4, -0.2) is 30.6 Å². The van der Waals surface area contributed by atoms with Crippen molar-refractivity contribution in [3.05, 3.63) is 48.0 Å². The first-order valence-electron chi connectivity index (χ1n) is 6.52. The first-order chi connectivity index (χ1) is 9.88. The topological polar surface area (TPSA) is 29.5 Å². The monoisotopic (exact) mass is 301 g/mol. The number of hydrogen-bond acceptors (Lipinski definition) is 3. The number of halogens is 3. The number of ether oxygens (including phenoxy) is 1. The number of rotatable bonds is 7. The fraction of sp³-hybridized carbons (Fsp3) is 0.400. The van der Waals surface area contributed by atoms with Crippen LogP contribution in [0.5, 0.6) is 0 Å². The van der Waals surface area contributed by atoms with Gasteiger partial charge in [0, 0.05) is 13.1 Å². The van der Waals surface area contributed by atoms with Crippen molar-refractivity contribution in [2.45, 2.75) is 19.6 Å². The third-order valence-electron chi connectivity index (χ3n) is 2.76. The zero-order valence-electron chi connectivity index (χ0n) is 11.8. The second-order valence-corrected chi connectivity index (χ2v) is 4.42. The first-order valence-corrected chi connectivity index (χ1v) is 6.52. The van der Waals surface area contributed by atoms with E-state index in [0.717, 1.165) is 6.07 Å². The second-order valence-electron chi connectivity index (χ2n) is 4.42. The number of alkyl halides is 3. The molecule has 0 saturated heterocycles. The summed E-state index contributed by atoms with van der Waals surface area (Å²) in [5.74, 6) is -0.469. The Morgan fingerprint density at radius 3 is 2.62 bits per heavy atom. The van der Waals surface area contributed by atoms with Crippen LogP contribution < -0.4 is 0 Å². The van der Waals surface area contributed by atoms with Crippen LogP contribution in [0.2, 0.25) is 0 Å². The number of esters is 1. The highest BCUT2D eigenvalue weighted by atomic mass is 19.4. The Morgan fingerprint density at radius 2 is 2.05 bits per heavy atom. The fourth-order valence-corrected chi connectivity index (χ4v) is 1.93. The van der Waals surface area contributed by atoms with Crippen LogP contribution in [0, 0.1) is 0 Å². The van der Waals surface area contributed by atoms with Crippen LogP contribution in [0.1, 0.15) is 18.1 Å². The average Bonchev–Trinajstić information content (AvgIpc) is 2.38. The molecule has 0 aliphatic carbocycles. The number of nitrogens with zero attached hydrogens (tertiary/aromatic N) is 1. The van der Waals surface area contributed by atoms with Crippen molar-refractivity contribution in [1.82, 2.24) is 4.90 Å². The minimum absolute atomic E-state index is 0.000514. The average molecular weight is 301 g/mol. The van der Waals surface area contributed by atoms with E-state index >= 15 is 0 Å². The van der Waals surface area contributed by atoms with Gasteiger partial charge in [0.1, 0.15) is 0 Å². The molecule has 1 aromatic carbocycles. The van der Waals surface area contributed by atoms with E-state index < -0.39 is 17.7 Å². The Labute approximate surface area is 122 Å². The lowest BCUT2D eigenvalue weighted by atomic mass is 10.1. The molecule has 0 atom stereocenters. The second kappa shape index (κ2) is 7.83. The van der Waals surface area contributed by atoms with E-state index in [-0.39, 0.29) is 25.3 Å². The molecule has 0 amide bonds. The van der Waals surface area contributed by atoms with Gasteiger partial charge in [0.25, 0.3) is 0 Å². The highest BCUT2D eigenvalue weighted by Crippen LogP contribution is 2.32. The van der Waals surface area contributed by atoms with Gasteiger partial charge in [-0.3, -0.25) is 9.69 Å². The quantitative estimate of drug-likeness (QED) is 0.572. The molecule has 0 radical (unpaired) electrons. The lowest BCUT2D eigenvalue weighted by Crippen LogP contribution is -2.31. The van der Waals surface area contributed by atoms with Crippen molar-refractivity contribution >= 4 is 5.97 Å². The Balaban J connectivity index is 2.89. The molecule has 0 saturated carbocycles. The number of hydrogen-bond donors (Lipinski definition) is 0. The first kappa shape index (κ1) is 17.2. The van der Waals surface area contributed by atoms with Crippen LogP contribution in [0.4, 0.5) is 13.2 Å². The summed E-state index contributed by atoms with van der Waals surface area (Å²) in [7, 11) is 0. The molecule has 1 aromatic rings. The van der Waals surface area contributed by atoms with E-state index in [1.165, 1.54) is 18.2 Å². The summed E-state index contributed by atoms with van der Waals surface area (Å²) >= 11 is 0. The van der Waals surface area contributed by atoms with E-state index in [4.69, 9.17) is 4.74 Å². The summed E-state index contributed by atoms with van der Waals surface area (Å²) < 4.78 is 43.6. The summed E-state index contributed by atoms with van der Waals surface area (Å²) in [6, 6.07) is 5.33. The summed E-state index contributed by atoms with van der Waals surface area (Å²) in [5.41, 5.74) is -0.570. The SMILES string of the molecule is C=CCN(CC(=O)OCC)Cc1ccccc1C(F)(F)F. The summed E-state index contributed by atoms with van der Waals surface area (Å²) in [4.78, 5) is 13.0. The van der Waals surface area contributed by atoms with E-state index in [1.807, 2.05) is 0 Å². The Kier molecular flexibility index (Phi) is 6.42. The molecule has 0 aliphatic rings. The lowest BCUT2D eigenvalue weighted by molar-refractivity contribution is -0.144. The molecule has 6 heteroatoms. The number of carbonyl (C=O) groups excluding carboxylic acids is 1. The van der Waals surface area contributed by atoms with Crippen LogP contribution >= 0.6 is 0 Å². The summed E-state index contributed by atoms with van der Waals surface area (Å²) in [6.45, 7) is 5.68. The predicted octanol–water partition coefficient (Wildman–Crippen LogP) is 3.26. The fourth-order valence-electron chi connectivity index (χ4n) is 1.93. The third-order valence-corrected chi connectivity index (χ3v) is 2.76. The van der Waals surface area contributed by atoms with Gasteiger partial charge in [-0.25, -0.2) is 0 Å². The molecule has 0 spiro atoms. The molecule has 0 unspecified atom stereocenters. The van der Waals surface area contributed by atoms with Gasteiger partial charge < -0.3 is 4.74 Å². The normalized spacial score (nSPS) is 11.5. The Hall–Kier alpha value is -1.82. The molecule has 0 heterocycles. The summed E-state index contributed by atoms with van der Waals surface area (Å²) in [6.07, 6.45) is -2.88. The van der Waals surface area contributed by atoms with Crippen LogP contribution in [0.3, 0.4) is 0 Å². The predicted molar refractivity (Wildman–Crippen MR) is 73.6 cm³/mol. The molecule has 116 valence electrons. The maximum absolute atomic E-state index is 12.9. The zero-order chi connectivity index (χ0) is 15.9. The summed E-state index contributed by atoms with van der Waals surface area (Å²) in [5, 5.41) is 0. The molecule has 1 rings (SSSR count). The van der Waals surface area contributed by atoms with Crippen LogP contribution in [-0.2, 0) is 22.3 Å². The number of benzene rings is 1.